The first-order valence-corrected chi connectivity index (χ1v) is 7.28. The van der Waals surface area contributed by atoms with Crippen LogP contribution in [-0.2, 0) is 6.18 Å². The summed E-state index contributed by atoms with van der Waals surface area (Å²) in [5, 5.41) is 6.40. The van der Waals surface area contributed by atoms with Gasteiger partial charge in [0.15, 0.2) is 17.6 Å². The van der Waals surface area contributed by atoms with E-state index in [9.17, 15) is 30.7 Å². The molecule has 0 N–H and O–H groups in total. The molecule has 0 bridgehead atoms. The number of fused-ring (bicyclic) bond motifs is 1. The van der Waals surface area contributed by atoms with Gasteiger partial charge in [0.2, 0.25) is 0 Å². The minimum Gasteiger partial charge on any atom is -0.463 e. The number of rotatable bonds is 3. The molecule has 0 aromatic carbocycles. The maximum absolute atomic E-state index is 14.0. The van der Waals surface area contributed by atoms with E-state index in [0.717, 1.165) is 22.8 Å². The summed E-state index contributed by atoms with van der Waals surface area (Å²) in [6.07, 6.45) is -9.56. The van der Waals surface area contributed by atoms with Gasteiger partial charge in [-0.2, -0.15) is 26.3 Å². The smallest absolute Gasteiger partial charge is 0.437 e. The van der Waals surface area contributed by atoms with Crippen molar-refractivity contribution in [1.82, 2.24) is 19.8 Å². The lowest BCUT2D eigenvalue weighted by atomic mass is 10.1. The van der Waals surface area contributed by atoms with Gasteiger partial charge in [-0.3, -0.25) is 0 Å². The molecule has 1 atom stereocenters. The molecule has 0 radical (unpaired) electrons. The second-order valence-corrected chi connectivity index (χ2v) is 5.49. The van der Waals surface area contributed by atoms with Crippen molar-refractivity contribution in [2.75, 3.05) is 0 Å². The predicted octanol–water partition coefficient (Wildman–Crippen LogP) is 4.28. The fraction of sp³-hybridized carbons (Fsp3) is 0.267. The van der Waals surface area contributed by atoms with Crippen LogP contribution in [0.15, 0.2) is 30.6 Å². The molecule has 12 heteroatoms. The summed E-state index contributed by atoms with van der Waals surface area (Å²) in [7, 11) is 0. The quantitative estimate of drug-likeness (QED) is 0.623. The fourth-order valence-corrected chi connectivity index (χ4v) is 2.18. The molecule has 0 aliphatic carbocycles. The average molecular weight is 394 g/mol. The lowest BCUT2D eigenvalue weighted by Gasteiger charge is -2.17. The zero-order chi connectivity index (χ0) is 20.0. The van der Waals surface area contributed by atoms with Gasteiger partial charge in [0.05, 0.1) is 5.52 Å². The molecule has 0 amide bonds. The highest BCUT2D eigenvalue weighted by Crippen LogP contribution is 2.33. The Hall–Kier alpha value is -2.92. The van der Waals surface area contributed by atoms with Crippen molar-refractivity contribution < 1.29 is 35.5 Å². The molecule has 0 saturated carbocycles. The van der Waals surface area contributed by atoms with Crippen molar-refractivity contribution in [3.05, 3.63) is 42.1 Å². The number of halogens is 7. The van der Waals surface area contributed by atoms with Crippen LogP contribution in [-0.4, -0.2) is 32.1 Å². The Morgan fingerprint density at radius 1 is 1.07 bits per heavy atom. The largest absolute Gasteiger partial charge is 0.463 e. The van der Waals surface area contributed by atoms with Crippen LogP contribution in [0.1, 0.15) is 12.6 Å². The van der Waals surface area contributed by atoms with Crippen LogP contribution < -0.4 is 4.74 Å². The van der Waals surface area contributed by atoms with E-state index in [1.54, 1.807) is 0 Å². The zero-order valence-electron chi connectivity index (χ0n) is 13.3. The number of hydrogen-bond donors (Lipinski definition) is 0. The first-order chi connectivity index (χ1) is 12.5. The summed E-state index contributed by atoms with van der Waals surface area (Å²) in [6, 6.07) is 3.21. The van der Waals surface area contributed by atoms with Crippen molar-refractivity contribution in [1.29, 1.82) is 0 Å². The highest BCUT2D eigenvalue weighted by atomic mass is 19.4. The summed E-state index contributed by atoms with van der Waals surface area (Å²) in [5.74, 6) is -2.06. The molecular formula is C15H9F7N4O. The molecule has 3 heterocycles. The van der Waals surface area contributed by atoms with E-state index < -0.39 is 35.8 Å². The topological polar surface area (TPSA) is 52.3 Å². The lowest BCUT2D eigenvalue weighted by molar-refractivity contribution is -0.190. The highest BCUT2D eigenvalue weighted by Gasteiger charge is 2.39. The van der Waals surface area contributed by atoms with E-state index in [1.807, 2.05) is 0 Å². The van der Waals surface area contributed by atoms with Crippen molar-refractivity contribution >= 4 is 5.52 Å². The maximum Gasteiger partial charge on any atom is 0.437 e. The van der Waals surface area contributed by atoms with Crippen LogP contribution in [0.5, 0.6) is 5.88 Å². The molecule has 0 aliphatic heterocycles. The van der Waals surface area contributed by atoms with Gasteiger partial charge < -0.3 is 4.74 Å². The van der Waals surface area contributed by atoms with Crippen LogP contribution in [0, 0.1) is 5.82 Å². The summed E-state index contributed by atoms with van der Waals surface area (Å²) in [5.41, 5.74) is -1.42. The SMILES string of the molecule is C[C@H](Oc1ncc(-c2ccn3nnc(C(F)(F)F)c3c2)cc1F)C(F)(F)F. The van der Waals surface area contributed by atoms with Crippen LogP contribution in [0.4, 0.5) is 30.7 Å². The average Bonchev–Trinajstić information content (AvgIpc) is 2.99. The van der Waals surface area contributed by atoms with Crippen LogP contribution in [0.25, 0.3) is 16.6 Å². The van der Waals surface area contributed by atoms with Crippen molar-refractivity contribution in [3.8, 4) is 17.0 Å². The standard InChI is InChI=1S/C15H9F7N4O/c1-7(14(17,18)19)27-13-10(16)4-9(6-23-13)8-2-3-26-11(5-8)12(24-25-26)15(20,21)22/h2-7H,1H3/t7-/m0/s1. The van der Waals surface area contributed by atoms with Gasteiger partial charge in [0.1, 0.15) is 0 Å². The summed E-state index contributed by atoms with van der Waals surface area (Å²) < 4.78 is 95.6. The van der Waals surface area contributed by atoms with Crippen LogP contribution in [0.3, 0.4) is 0 Å². The molecule has 3 rings (SSSR count). The summed E-state index contributed by atoms with van der Waals surface area (Å²) >= 11 is 0. The molecule has 27 heavy (non-hydrogen) atoms. The van der Waals surface area contributed by atoms with Gasteiger partial charge in [0, 0.05) is 18.0 Å². The Kier molecular flexibility index (Phi) is 4.44. The number of pyridine rings is 2. The zero-order valence-corrected chi connectivity index (χ0v) is 13.3. The third kappa shape index (κ3) is 3.78. The highest BCUT2D eigenvalue weighted by molar-refractivity contribution is 5.69. The molecule has 3 aromatic heterocycles. The first-order valence-electron chi connectivity index (χ1n) is 7.28. The van der Waals surface area contributed by atoms with E-state index in [2.05, 4.69) is 20.0 Å². The second kappa shape index (κ2) is 6.35. The monoisotopic (exact) mass is 394 g/mol. The van der Waals surface area contributed by atoms with Gasteiger partial charge in [0.25, 0.3) is 5.88 Å². The number of ether oxygens (including phenoxy) is 1. The normalized spacial score (nSPS) is 13.8. The lowest BCUT2D eigenvalue weighted by Crippen LogP contribution is -2.31. The summed E-state index contributed by atoms with van der Waals surface area (Å²) in [4.78, 5) is 3.49. The number of aromatic nitrogens is 4. The Morgan fingerprint density at radius 3 is 2.37 bits per heavy atom. The Balaban J connectivity index is 1.96. The van der Waals surface area contributed by atoms with Gasteiger partial charge in [-0.15, -0.1) is 5.10 Å². The number of nitrogens with zero attached hydrogens (tertiary/aromatic N) is 4. The first kappa shape index (κ1) is 18.9. The van der Waals surface area contributed by atoms with Crippen molar-refractivity contribution in [2.45, 2.75) is 25.4 Å². The fourth-order valence-electron chi connectivity index (χ4n) is 2.18. The minimum absolute atomic E-state index is 0.0383. The van der Waals surface area contributed by atoms with Gasteiger partial charge >= 0.3 is 12.4 Å². The van der Waals surface area contributed by atoms with E-state index in [1.165, 1.54) is 12.3 Å². The Bertz CT molecular complexity index is 980. The Labute approximate surface area is 146 Å². The molecule has 3 aromatic rings. The molecule has 0 spiro atoms. The van der Waals surface area contributed by atoms with E-state index in [-0.39, 0.29) is 16.6 Å². The Morgan fingerprint density at radius 2 is 1.78 bits per heavy atom. The van der Waals surface area contributed by atoms with Crippen molar-refractivity contribution in [2.24, 2.45) is 0 Å². The molecule has 0 fully saturated rings. The third-order valence-electron chi connectivity index (χ3n) is 3.58. The third-order valence-corrected chi connectivity index (χ3v) is 3.58. The molecule has 5 nitrogen and oxygen atoms in total. The molecule has 0 aliphatic rings. The predicted molar refractivity (Wildman–Crippen MR) is 77.3 cm³/mol. The minimum atomic E-state index is -4.74. The molecule has 144 valence electrons. The van der Waals surface area contributed by atoms with E-state index in [4.69, 9.17) is 0 Å². The van der Waals surface area contributed by atoms with E-state index >= 15 is 0 Å². The molecule has 0 saturated heterocycles. The number of alkyl halides is 6. The van der Waals surface area contributed by atoms with E-state index in [0.29, 0.717) is 6.92 Å². The van der Waals surface area contributed by atoms with Gasteiger partial charge in [-0.05, 0) is 30.7 Å². The second-order valence-electron chi connectivity index (χ2n) is 5.49. The van der Waals surface area contributed by atoms with Crippen LogP contribution >= 0.6 is 0 Å². The molecule has 0 unspecified atom stereocenters. The van der Waals surface area contributed by atoms with Crippen LogP contribution in [0.2, 0.25) is 0 Å². The van der Waals surface area contributed by atoms with Crippen molar-refractivity contribution in [3.63, 3.8) is 0 Å². The number of hydrogen-bond acceptors (Lipinski definition) is 4. The maximum atomic E-state index is 14.0. The summed E-state index contributed by atoms with van der Waals surface area (Å²) in [6.45, 7) is 0.689. The van der Waals surface area contributed by atoms with Gasteiger partial charge in [-0.25, -0.2) is 13.9 Å². The van der Waals surface area contributed by atoms with Gasteiger partial charge in [-0.1, -0.05) is 5.21 Å². The molecular weight excluding hydrogens is 385 g/mol.